The minimum absolute atomic E-state index is 0.103. The average molecular weight is 217 g/mol. The SMILES string of the molecule is CC(C)OCCOCC(N)C1CCOC1. The molecule has 15 heavy (non-hydrogen) atoms. The minimum atomic E-state index is 0.103. The molecule has 2 atom stereocenters. The van der Waals surface area contributed by atoms with Crippen molar-refractivity contribution in [3.05, 3.63) is 0 Å². The zero-order valence-corrected chi connectivity index (χ0v) is 9.78. The third kappa shape index (κ3) is 5.47. The molecule has 90 valence electrons. The zero-order chi connectivity index (χ0) is 11.1. The molecule has 1 rings (SSSR count). The van der Waals surface area contributed by atoms with Crippen LogP contribution in [0.5, 0.6) is 0 Å². The van der Waals surface area contributed by atoms with Crippen molar-refractivity contribution in [2.24, 2.45) is 11.7 Å². The standard InChI is InChI=1S/C11H23NO3/c1-9(2)15-6-5-14-8-11(12)10-3-4-13-7-10/h9-11H,3-8,12H2,1-2H3. The highest BCUT2D eigenvalue weighted by molar-refractivity contribution is 4.75. The summed E-state index contributed by atoms with van der Waals surface area (Å²) in [4.78, 5) is 0. The lowest BCUT2D eigenvalue weighted by molar-refractivity contribution is 0.0121. The van der Waals surface area contributed by atoms with E-state index in [9.17, 15) is 0 Å². The second-order valence-corrected chi connectivity index (χ2v) is 4.28. The van der Waals surface area contributed by atoms with Gasteiger partial charge in [-0.15, -0.1) is 0 Å². The highest BCUT2D eigenvalue weighted by Gasteiger charge is 2.22. The minimum Gasteiger partial charge on any atom is -0.381 e. The summed E-state index contributed by atoms with van der Waals surface area (Å²) in [5.41, 5.74) is 5.98. The molecule has 2 unspecified atom stereocenters. The Kier molecular flexibility index (Phi) is 6.17. The molecular formula is C11H23NO3. The van der Waals surface area contributed by atoms with Crippen LogP contribution >= 0.6 is 0 Å². The third-order valence-corrected chi connectivity index (χ3v) is 2.56. The van der Waals surface area contributed by atoms with Crippen LogP contribution in [0.15, 0.2) is 0 Å². The Bertz CT molecular complexity index is 158. The van der Waals surface area contributed by atoms with Crippen LogP contribution in [-0.2, 0) is 14.2 Å². The van der Waals surface area contributed by atoms with Gasteiger partial charge in [-0.2, -0.15) is 0 Å². The molecule has 1 fully saturated rings. The predicted molar refractivity (Wildman–Crippen MR) is 58.8 cm³/mol. The molecule has 0 radical (unpaired) electrons. The van der Waals surface area contributed by atoms with Crippen molar-refractivity contribution >= 4 is 0 Å². The van der Waals surface area contributed by atoms with Crippen LogP contribution in [0.4, 0.5) is 0 Å². The molecule has 1 aliphatic heterocycles. The first kappa shape index (κ1) is 12.9. The maximum Gasteiger partial charge on any atom is 0.0703 e. The van der Waals surface area contributed by atoms with Crippen molar-refractivity contribution in [1.29, 1.82) is 0 Å². The quantitative estimate of drug-likeness (QED) is 0.641. The molecule has 0 aliphatic carbocycles. The summed E-state index contributed by atoms with van der Waals surface area (Å²) in [6, 6.07) is 0.103. The van der Waals surface area contributed by atoms with Crippen LogP contribution in [0.25, 0.3) is 0 Å². The molecule has 0 aromatic heterocycles. The first-order valence-corrected chi connectivity index (χ1v) is 5.73. The van der Waals surface area contributed by atoms with Gasteiger partial charge in [-0.1, -0.05) is 0 Å². The van der Waals surface area contributed by atoms with Gasteiger partial charge in [0.15, 0.2) is 0 Å². The van der Waals surface area contributed by atoms with Gasteiger partial charge in [0.05, 0.1) is 32.5 Å². The maximum atomic E-state index is 5.98. The molecule has 4 nitrogen and oxygen atoms in total. The predicted octanol–water partition coefficient (Wildman–Crippen LogP) is 0.792. The molecule has 0 aromatic rings. The van der Waals surface area contributed by atoms with E-state index in [0.717, 1.165) is 19.6 Å². The van der Waals surface area contributed by atoms with Crippen LogP contribution in [0.1, 0.15) is 20.3 Å². The molecule has 1 aliphatic rings. The van der Waals surface area contributed by atoms with Crippen molar-refractivity contribution in [3.63, 3.8) is 0 Å². The fourth-order valence-corrected chi connectivity index (χ4v) is 1.59. The van der Waals surface area contributed by atoms with Gasteiger partial charge in [-0.05, 0) is 20.3 Å². The van der Waals surface area contributed by atoms with Gasteiger partial charge < -0.3 is 19.9 Å². The van der Waals surface area contributed by atoms with E-state index in [2.05, 4.69) is 0 Å². The topological polar surface area (TPSA) is 53.7 Å². The van der Waals surface area contributed by atoms with Gasteiger partial charge in [0, 0.05) is 18.6 Å². The van der Waals surface area contributed by atoms with Gasteiger partial charge in [-0.3, -0.25) is 0 Å². The van der Waals surface area contributed by atoms with Gasteiger partial charge in [0.2, 0.25) is 0 Å². The van der Waals surface area contributed by atoms with Crippen molar-refractivity contribution in [2.45, 2.75) is 32.4 Å². The smallest absolute Gasteiger partial charge is 0.0703 e. The van der Waals surface area contributed by atoms with E-state index in [4.69, 9.17) is 19.9 Å². The van der Waals surface area contributed by atoms with E-state index < -0.39 is 0 Å². The van der Waals surface area contributed by atoms with E-state index in [1.807, 2.05) is 13.8 Å². The number of hydrogen-bond donors (Lipinski definition) is 1. The molecule has 0 bridgehead atoms. The van der Waals surface area contributed by atoms with Gasteiger partial charge in [0.25, 0.3) is 0 Å². The van der Waals surface area contributed by atoms with E-state index >= 15 is 0 Å². The number of hydrogen-bond acceptors (Lipinski definition) is 4. The lowest BCUT2D eigenvalue weighted by Gasteiger charge is -2.17. The van der Waals surface area contributed by atoms with Crippen molar-refractivity contribution < 1.29 is 14.2 Å². The van der Waals surface area contributed by atoms with Crippen LogP contribution in [-0.4, -0.2) is 45.2 Å². The van der Waals surface area contributed by atoms with Crippen molar-refractivity contribution in [2.75, 3.05) is 33.0 Å². The molecule has 1 heterocycles. The van der Waals surface area contributed by atoms with Crippen LogP contribution in [0, 0.1) is 5.92 Å². The Morgan fingerprint density at radius 3 is 2.80 bits per heavy atom. The van der Waals surface area contributed by atoms with E-state index in [0.29, 0.717) is 25.7 Å². The van der Waals surface area contributed by atoms with Crippen molar-refractivity contribution in [3.8, 4) is 0 Å². The Labute approximate surface area is 92.1 Å². The van der Waals surface area contributed by atoms with Gasteiger partial charge in [-0.25, -0.2) is 0 Å². The van der Waals surface area contributed by atoms with Crippen LogP contribution in [0.2, 0.25) is 0 Å². The monoisotopic (exact) mass is 217 g/mol. The molecule has 1 saturated heterocycles. The van der Waals surface area contributed by atoms with Crippen molar-refractivity contribution in [1.82, 2.24) is 0 Å². The fourth-order valence-electron chi connectivity index (χ4n) is 1.59. The summed E-state index contributed by atoms with van der Waals surface area (Å²) in [5, 5.41) is 0. The molecule has 0 spiro atoms. The van der Waals surface area contributed by atoms with Crippen LogP contribution in [0.3, 0.4) is 0 Å². The number of ether oxygens (including phenoxy) is 3. The summed E-state index contributed by atoms with van der Waals surface area (Å²) < 4.78 is 16.1. The second kappa shape index (κ2) is 7.17. The summed E-state index contributed by atoms with van der Waals surface area (Å²) in [6.45, 7) is 7.53. The largest absolute Gasteiger partial charge is 0.381 e. The molecule has 0 aromatic carbocycles. The van der Waals surface area contributed by atoms with E-state index in [-0.39, 0.29) is 12.1 Å². The highest BCUT2D eigenvalue weighted by Crippen LogP contribution is 2.15. The first-order chi connectivity index (χ1) is 7.20. The van der Waals surface area contributed by atoms with Gasteiger partial charge >= 0.3 is 0 Å². The molecular weight excluding hydrogens is 194 g/mol. The Morgan fingerprint density at radius 2 is 2.20 bits per heavy atom. The maximum absolute atomic E-state index is 5.98. The normalized spacial score (nSPS) is 23.6. The highest BCUT2D eigenvalue weighted by atomic mass is 16.5. The zero-order valence-electron chi connectivity index (χ0n) is 9.78. The summed E-state index contributed by atoms with van der Waals surface area (Å²) in [7, 11) is 0. The third-order valence-electron chi connectivity index (χ3n) is 2.56. The van der Waals surface area contributed by atoms with E-state index in [1.54, 1.807) is 0 Å². The summed E-state index contributed by atoms with van der Waals surface area (Å²) in [6.07, 6.45) is 1.33. The molecule has 0 amide bonds. The fraction of sp³-hybridized carbons (Fsp3) is 1.00. The van der Waals surface area contributed by atoms with E-state index in [1.165, 1.54) is 0 Å². The van der Waals surface area contributed by atoms with Gasteiger partial charge in [0.1, 0.15) is 0 Å². The molecule has 0 saturated carbocycles. The summed E-state index contributed by atoms with van der Waals surface area (Å²) in [5.74, 6) is 0.469. The summed E-state index contributed by atoms with van der Waals surface area (Å²) >= 11 is 0. The number of nitrogens with two attached hydrogens (primary N) is 1. The lowest BCUT2D eigenvalue weighted by atomic mass is 10.0. The average Bonchev–Trinajstić information content (AvgIpc) is 2.69. The second-order valence-electron chi connectivity index (χ2n) is 4.28. The Hall–Kier alpha value is -0.160. The Balaban J connectivity index is 1.94. The number of rotatable bonds is 7. The van der Waals surface area contributed by atoms with Crippen LogP contribution < -0.4 is 5.73 Å². The lowest BCUT2D eigenvalue weighted by Crippen LogP contribution is -2.35. The molecule has 4 heteroatoms. The first-order valence-electron chi connectivity index (χ1n) is 5.73. The Morgan fingerprint density at radius 1 is 1.40 bits per heavy atom. The molecule has 2 N–H and O–H groups in total.